The Bertz CT molecular complexity index is 839. The molecule has 6 nitrogen and oxygen atoms in total. The lowest BCUT2D eigenvalue weighted by molar-refractivity contribution is -0.117. The molecule has 0 aliphatic carbocycles. The van der Waals surface area contributed by atoms with Crippen molar-refractivity contribution in [3.8, 4) is 0 Å². The first-order chi connectivity index (χ1) is 13.2. The topological polar surface area (TPSA) is 71.0 Å². The number of aryl methyl sites for hydroxylation is 3. The van der Waals surface area contributed by atoms with Gasteiger partial charge in [-0.3, -0.25) is 4.79 Å². The van der Waals surface area contributed by atoms with E-state index in [0.717, 1.165) is 60.7 Å². The van der Waals surface area contributed by atoms with Crippen molar-refractivity contribution >= 4 is 17.4 Å². The maximum absolute atomic E-state index is 12.3. The number of aromatic nitrogens is 3. The van der Waals surface area contributed by atoms with Crippen molar-refractivity contribution in [2.24, 2.45) is 5.41 Å². The summed E-state index contributed by atoms with van der Waals surface area (Å²) in [4.78, 5) is 28.3. The lowest BCUT2D eigenvalue weighted by atomic mass is 9.92. The van der Waals surface area contributed by atoms with E-state index in [0.29, 0.717) is 12.2 Å². The second kappa shape index (κ2) is 8.25. The lowest BCUT2D eigenvalue weighted by Gasteiger charge is -2.31. The Morgan fingerprint density at radius 3 is 2.61 bits per heavy atom. The number of pyridine rings is 1. The summed E-state index contributed by atoms with van der Waals surface area (Å²) in [5.41, 5.74) is 4.25. The van der Waals surface area contributed by atoms with Crippen molar-refractivity contribution in [1.82, 2.24) is 15.0 Å². The Kier molecular flexibility index (Phi) is 5.96. The molecule has 2 aromatic heterocycles. The predicted octanol–water partition coefficient (Wildman–Crippen LogP) is 4.07. The minimum Gasteiger partial charge on any atom is -0.366 e. The highest BCUT2D eigenvalue weighted by atomic mass is 16.1. The molecule has 6 heteroatoms. The molecule has 0 saturated carbocycles. The highest BCUT2D eigenvalue weighted by molar-refractivity contribution is 5.91. The van der Waals surface area contributed by atoms with E-state index in [-0.39, 0.29) is 11.3 Å². The molecule has 0 spiro atoms. The molecule has 150 valence electrons. The molecule has 1 aliphatic rings. The summed E-state index contributed by atoms with van der Waals surface area (Å²) in [6, 6.07) is 2.15. The highest BCUT2D eigenvalue weighted by Crippen LogP contribution is 2.31. The molecule has 3 heterocycles. The summed E-state index contributed by atoms with van der Waals surface area (Å²) in [6.07, 6.45) is 7.14. The fourth-order valence-electron chi connectivity index (χ4n) is 3.47. The van der Waals surface area contributed by atoms with Gasteiger partial charge in [0.1, 0.15) is 11.6 Å². The van der Waals surface area contributed by atoms with Crippen LogP contribution in [0.1, 0.15) is 63.2 Å². The van der Waals surface area contributed by atoms with Crippen LogP contribution in [0.5, 0.6) is 0 Å². The van der Waals surface area contributed by atoms with E-state index in [1.54, 1.807) is 0 Å². The largest absolute Gasteiger partial charge is 0.366 e. The summed E-state index contributed by atoms with van der Waals surface area (Å²) in [5.74, 6) is 1.57. The van der Waals surface area contributed by atoms with Crippen molar-refractivity contribution < 1.29 is 4.79 Å². The van der Waals surface area contributed by atoms with Gasteiger partial charge in [-0.1, -0.05) is 27.7 Å². The zero-order valence-electron chi connectivity index (χ0n) is 17.7. The number of anilines is 2. The zero-order valence-corrected chi connectivity index (χ0v) is 17.7. The van der Waals surface area contributed by atoms with Gasteiger partial charge in [0.2, 0.25) is 5.91 Å². The van der Waals surface area contributed by atoms with Crippen LogP contribution in [0.3, 0.4) is 0 Å². The van der Waals surface area contributed by atoms with Crippen molar-refractivity contribution in [1.29, 1.82) is 0 Å². The SMILES string of the molecule is CCc1ncc(CN2CCCc3nc(NC(=O)CC(C)(C)C)c(C)cc32)cn1. The molecule has 0 radical (unpaired) electrons. The quantitative estimate of drug-likeness (QED) is 0.845. The Hall–Kier alpha value is -2.50. The molecule has 0 fully saturated rings. The molecule has 0 saturated heterocycles. The van der Waals surface area contributed by atoms with E-state index >= 15 is 0 Å². The fourth-order valence-corrected chi connectivity index (χ4v) is 3.47. The number of amides is 1. The number of rotatable bonds is 5. The molecule has 2 aromatic rings. The number of nitrogens with one attached hydrogen (secondary N) is 1. The van der Waals surface area contributed by atoms with Gasteiger partial charge in [0, 0.05) is 43.9 Å². The first kappa shape index (κ1) is 20.2. The van der Waals surface area contributed by atoms with Crippen LogP contribution in [-0.4, -0.2) is 27.4 Å². The van der Waals surface area contributed by atoms with Crippen molar-refractivity contribution in [3.05, 3.63) is 41.1 Å². The number of fused-ring (bicyclic) bond motifs is 1. The Labute approximate surface area is 167 Å². The molecular weight excluding hydrogens is 350 g/mol. The lowest BCUT2D eigenvalue weighted by Crippen LogP contribution is -2.30. The average molecular weight is 382 g/mol. The number of carbonyl (C=O) groups excluding carboxylic acids is 1. The van der Waals surface area contributed by atoms with E-state index in [1.807, 2.05) is 19.3 Å². The van der Waals surface area contributed by atoms with Crippen LogP contribution in [0.2, 0.25) is 0 Å². The number of carbonyl (C=O) groups is 1. The number of hydrogen-bond donors (Lipinski definition) is 1. The van der Waals surface area contributed by atoms with Crippen molar-refractivity contribution in [3.63, 3.8) is 0 Å². The first-order valence-electron chi connectivity index (χ1n) is 10.1. The molecule has 28 heavy (non-hydrogen) atoms. The van der Waals surface area contributed by atoms with E-state index in [4.69, 9.17) is 4.98 Å². The third kappa shape index (κ3) is 5.06. The Balaban J connectivity index is 1.78. The third-order valence-electron chi connectivity index (χ3n) is 4.85. The van der Waals surface area contributed by atoms with Crippen LogP contribution < -0.4 is 10.2 Å². The van der Waals surface area contributed by atoms with Crippen LogP contribution in [0.25, 0.3) is 0 Å². The monoisotopic (exact) mass is 381 g/mol. The second-order valence-electron chi connectivity index (χ2n) is 8.79. The maximum Gasteiger partial charge on any atom is 0.226 e. The van der Waals surface area contributed by atoms with Crippen LogP contribution in [0.15, 0.2) is 18.5 Å². The number of hydrogen-bond acceptors (Lipinski definition) is 5. The normalized spacial score (nSPS) is 14.0. The van der Waals surface area contributed by atoms with Gasteiger partial charge in [-0.25, -0.2) is 15.0 Å². The average Bonchev–Trinajstić information content (AvgIpc) is 2.62. The van der Waals surface area contributed by atoms with Gasteiger partial charge in [0.05, 0.1) is 11.4 Å². The Morgan fingerprint density at radius 2 is 1.96 bits per heavy atom. The molecule has 0 bridgehead atoms. The van der Waals surface area contributed by atoms with Crippen molar-refractivity contribution in [2.45, 2.75) is 66.8 Å². The van der Waals surface area contributed by atoms with Gasteiger partial charge >= 0.3 is 0 Å². The summed E-state index contributed by atoms with van der Waals surface area (Å²) in [7, 11) is 0. The van der Waals surface area contributed by atoms with Gasteiger partial charge in [0.15, 0.2) is 0 Å². The minimum atomic E-state index is -0.0433. The third-order valence-corrected chi connectivity index (χ3v) is 4.85. The van der Waals surface area contributed by atoms with Crippen molar-refractivity contribution in [2.75, 3.05) is 16.8 Å². The number of nitrogens with zero attached hydrogens (tertiary/aromatic N) is 4. The summed E-state index contributed by atoms with van der Waals surface area (Å²) < 4.78 is 0. The Morgan fingerprint density at radius 1 is 1.25 bits per heavy atom. The summed E-state index contributed by atoms with van der Waals surface area (Å²) >= 11 is 0. The molecular formula is C22H31N5O. The molecule has 3 rings (SSSR count). The van der Waals surface area contributed by atoms with E-state index in [9.17, 15) is 4.79 Å². The molecule has 0 atom stereocenters. The van der Waals surface area contributed by atoms with Gasteiger partial charge < -0.3 is 10.2 Å². The molecule has 0 aromatic carbocycles. The molecule has 1 N–H and O–H groups in total. The van der Waals surface area contributed by atoms with Crippen LogP contribution >= 0.6 is 0 Å². The molecule has 0 unspecified atom stereocenters. The van der Waals surface area contributed by atoms with E-state index in [2.05, 4.69) is 53.9 Å². The van der Waals surface area contributed by atoms with Crippen LogP contribution in [0, 0.1) is 12.3 Å². The van der Waals surface area contributed by atoms with E-state index < -0.39 is 0 Å². The van der Waals surface area contributed by atoms with Gasteiger partial charge in [0.25, 0.3) is 0 Å². The van der Waals surface area contributed by atoms with E-state index in [1.165, 1.54) is 0 Å². The summed E-state index contributed by atoms with van der Waals surface area (Å²) in [5, 5.41) is 3.01. The zero-order chi connectivity index (χ0) is 20.3. The second-order valence-corrected chi connectivity index (χ2v) is 8.79. The smallest absolute Gasteiger partial charge is 0.226 e. The predicted molar refractivity (Wildman–Crippen MR) is 112 cm³/mol. The molecule has 1 amide bonds. The molecule has 1 aliphatic heterocycles. The fraction of sp³-hybridized carbons (Fsp3) is 0.545. The maximum atomic E-state index is 12.3. The van der Waals surface area contributed by atoms with Gasteiger partial charge in [-0.15, -0.1) is 0 Å². The standard InChI is InChI=1S/C22H31N5O/c1-6-19-23-12-16(13-24-19)14-27-9-7-8-17-18(27)10-15(2)21(25-17)26-20(28)11-22(3,4)5/h10,12-13H,6-9,11,14H2,1-5H3,(H,25,26,28). The van der Waals surface area contributed by atoms with Gasteiger partial charge in [-0.2, -0.15) is 0 Å². The van der Waals surface area contributed by atoms with Crippen LogP contribution in [0.4, 0.5) is 11.5 Å². The highest BCUT2D eigenvalue weighted by Gasteiger charge is 2.22. The first-order valence-corrected chi connectivity index (χ1v) is 10.1. The van der Waals surface area contributed by atoms with Crippen LogP contribution in [-0.2, 0) is 24.2 Å². The summed E-state index contributed by atoms with van der Waals surface area (Å²) in [6.45, 7) is 12.0. The van der Waals surface area contributed by atoms with Gasteiger partial charge in [-0.05, 0) is 36.8 Å². The minimum absolute atomic E-state index is 0.0175.